The molecule has 34 heavy (non-hydrogen) atoms. The average molecular weight is 482 g/mol. The fourth-order valence-electron chi connectivity index (χ4n) is 4.05. The van der Waals surface area contributed by atoms with E-state index in [0.29, 0.717) is 6.54 Å². The molecule has 11 heteroatoms. The SMILES string of the molecule is CCc1cccc(NC(=O)N2CCCn3cnc(CN4CCCC4)c3C2)c1.O=C(O)C(F)(F)F. The number of carbonyl (C=O) groups excluding carboxylic acids is 1. The van der Waals surface area contributed by atoms with Crippen molar-refractivity contribution in [3.05, 3.63) is 47.5 Å². The van der Waals surface area contributed by atoms with E-state index >= 15 is 0 Å². The lowest BCUT2D eigenvalue weighted by atomic mass is 10.1. The number of benzene rings is 1. The molecule has 2 amide bonds. The van der Waals surface area contributed by atoms with Gasteiger partial charge in [0.05, 0.1) is 24.3 Å². The molecule has 2 aliphatic rings. The maximum atomic E-state index is 12.9. The Labute approximate surface area is 196 Å². The van der Waals surface area contributed by atoms with E-state index in [-0.39, 0.29) is 6.03 Å². The maximum Gasteiger partial charge on any atom is 0.490 e. The monoisotopic (exact) mass is 481 g/mol. The Hall–Kier alpha value is -3.08. The van der Waals surface area contributed by atoms with Crippen LogP contribution in [0.5, 0.6) is 0 Å². The van der Waals surface area contributed by atoms with Crippen LogP contribution in [0.2, 0.25) is 0 Å². The number of hydrogen-bond acceptors (Lipinski definition) is 4. The maximum absolute atomic E-state index is 12.9. The normalized spacial score (nSPS) is 16.3. The highest BCUT2D eigenvalue weighted by Gasteiger charge is 2.38. The van der Waals surface area contributed by atoms with Crippen LogP contribution in [0.4, 0.5) is 23.7 Å². The average Bonchev–Trinajstić information content (AvgIpc) is 3.38. The smallest absolute Gasteiger partial charge is 0.475 e. The summed E-state index contributed by atoms with van der Waals surface area (Å²) in [4.78, 5) is 30.8. The van der Waals surface area contributed by atoms with Gasteiger partial charge in [-0.2, -0.15) is 13.2 Å². The van der Waals surface area contributed by atoms with Crippen molar-refractivity contribution >= 4 is 17.7 Å². The summed E-state index contributed by atoms with van der Waals surface area (Å²) in [6, 6.07) is 8.08. The van der Waals surface area contributed by atoms with Crippen LogP contribution in [0.1, 0.15) is 43.1 Å². The fourth-order valence-corrected chi connectivity index (χ4v) is 4.05. The zero-order valence-corrected chi connectivity index (χ0v) is 19.1. The van der Waals surface area contributed by atoms with Crippen LogP contribution >= 0.6 is 0 Å². The fraction of sp³-hybridized carbons (Fsp3) is 0.522. The van der Waals surface area contributed by atoms with Crippen molar-refractivity contribution in [1.29, 1.82) is 0 Å². The summed E-state index contributed by atoms with van der Waals surface area (Å²) in [6.07, 6.45) is 1.34. The van der Waals surface area contributed by atoms with Crippen molar-refractivity contribution in [1.82, 2.24) is 19.4 Å². The summed E-state index contributed by atoms with van der Waals surface area (Å²) < 4.78 is 34.0. The quantitative estimate of drug-likeness (QED) is 0.686. The number of carboxylic acid groups (broad SMARTS) is 1. The van der Waals surface area contributed by atoms with E-state index in [1.807, 2.05) is 23.4 Å². The number of aliphatic carboxylic acids is 1. The summed E-state index contributed by atoms with van der Waals surface area (Å²) in [7, 11) is 0. The largest absolute Gasteiger partial charge is 0.490 e. The summed E-state index contributed by atoms with van der Waals surface area (Å²) in [5.41, 5.74) is 4.42. The first-order valence-corrected chi connectivity index (χ1v) is 11.4. The highest BCUT2D eigenvalue weighted by atomic mass is 19.4. The number of imidazole rings is 1. The number of halogens is 3. The molecule has 0 aliphatic carbocycles. The Balaban J connectivity index is 0.000000406. The first-order valence-electron chi connectivity index (χ1n) is 11.4. The lowest BCUT2D eigenvalue weighted by Gasteiger charge is -2.22. The number of aryl methyl sites for hydroxylation is 2. The van der Waals surface area contributed by atoms with Crippen molar-refractivity contribution in [2.45, 2.75) is 58.4 Å². The molecule has 1 saturated heterocycles. The van der Waals surface area contributed by atoms with Gasteiger partial charge in [0, 0.05) is 25.3 Å². The number of likely N-dealkylation sites (tertiary alicyclic amines) is 1. The van der Waals surface area contributed by atoms with E-state index in [2.05, 4.69) is 38.8 Å². The number of aromatic nitrogens is 2. The molecule has 0 bridgehead atoms. The second kappa shape index (κ2) is 11.4. The minimum absolute atomic E-state index is 0.0231. The third kappa shape index (κ3) is 6.96. The molecule has 0 radical (unpaired) electrons. The van der Waals surface area contributed by atoms with Crippen LogP contribution in [0.3, 0.4) is 0 Å². The summed E-state index contributed by atoms with van der Waals surface area (Å²) in [5.74, 6) is -2.76. The first-order chi connectivity index (χ1) is 16.2. The van der Waals surface area contributed by atoms with Crippen molar-refractivity contribution < 1.29 is 27.9 Å². The number of amides is 2. The van der Waals surface area contributed by atoms with E-state index in [0.717, 1.165) is 56.9 Å². The molecule has 2 N–H and O–H groups in total. The number of hydrogen-bond donors (Lipinski definition) is 2. The predicted molar refractivity (Wildman–Crippen MR) is 120 cm³/mol. The van der Waals surface area contributed by atoms with E-state index in [9.17, 15) is 18.0 Å². The minimum atomic E-state index is -5.08. The van der Waals surface area contributed by atoms with Crippen LogP contribution in [0.25, 0.3) is 0 Å². The summed E-state index contributed by atoms with van der Waals surface area (Å²) >= 11 is 0. The second-order valence-corrected chi connectivity index (χ2v) is 8.38. The molecule has 2 aromatic rings. The van der Waals surface area contributed by atoms with Crippen molar-refractivity contribution in [2.75, 3.05) is 25.0 Å². The molecule has 1 fully saturated rings. The van der Waals surface area contributed by atoms with Crippen LogP contribution < -0.4 is 5.32 Å². The molecule has 1 aromatic carbocycles. The third-order valence-corrected chi connectivity index (χ3v) is 5.89. The molecule has 0 unspecified atom stereocenters. The summed E-state index contributed by atoms with van der Waals surface area (Å²) in [6.45, 7) is 7.66. The van der Waals surface area contributed by atoms with Gasteiger partial charge in [0.2, 0.25) is 0 Å². The Bertz CT molecular complexity index is 986. The number of alkyl halides is 3. The number of rotatable bonds is 4. The Morgan fingerprint density at radius 3 is 2.47 bits per heavy atom. The van der Waals surface area contributed by atoms with Gasteiger partial charge < -0.3 is 19.9 Å². The topological polar surface area (TPSA) is 90.7 Å². The minimum Gasteiger partial charge on any atom is -0.475 e. The third-order valence-electron chi connectivity index (χ3n) is 5.89. The number of carbonyl (C=O) groups is 2. The molecular weight excluding hydrogens is 451 g/mol. The molecule has 0 saturated carbocycles. The molecule has 0 spiro atoms. The van der Waals surface area contributed by atoms with E-state index in [4.69, 9.17) is 9.90 Å². The van der Waals surface area contributed by atoms with Crippen molar-refractivity contribution in [3.63, 3.8) is 0 Å². The summed E-state index contributed by atoms with van der Waals surface area (Å²) in [5, 5.41) is 10.2. The van der Waals surface area contributed by atoms with Gasteiger partial charge >= 0.3 is 18.2 Å². The van der Waals surface area contributed by atoms with Crippen LogP contribution in [0, 0.1) is 0 Å². The number of nitrogens with one attached hydrogen (secondary N) is 1. The Morgan fingerprint density at radius 2 is 1.82 bits per heavy atom. The standard InChI is InChI=1S/C21H29N5O.C2HF3O2/c1-2-17-7-5-8-18(13-17)23-21(27)25-11-6-12-26-16-22-19(20(26)15-25)14-24-9-3-4-10-24;3-2(4,5)1(6)7/h5,7-8,13,16H,2-4,6,9-12,14-15H2,1H3,(H,23,27);(H,6,7). The van der Waals surface area contributed by atoms with Gasteiger partial charge in [-0.25, -0.2) is 14.6 Å². The van der Waals surface area contributed by atoms with Gasteiger partial charge in [-0.1, -0.05) is 19.1 Å². The number of carboxylic acids is 1. The van der Waals surface area contributed by atoms with Crippen molar-refractivity contribution in [2.24, 2.45) is 0 Å². The van der Waals surface area contributed by atoms with E-state index < -0.39 is 12.1 Å². The zero-order valence-electron chi connectivity index (χ0n) is 19.1. The first kappa shape index (κ1) is 25.5. The predicted octanol–water partition coefficient (Wildman–Crippen LogP) is 4.11. The molecule has 8 nitrogen and oxygen atoms in total. The van der Waals surface area contributed by atoms with Gasteiger partial charge in [0.15, 0.2) is 0 Å². The Kier molecular flexibility index (Phi) is 8.54. The number of urea groups is 1. The van der Waals surface area contributed by atoms with E-state index in [1.165, 1.54) is 24.1 Å². The van der Waals surface area contributed by atoms with Gasteiger partial charge in [0.25, 0.3) is 0 Å². The lowest BCUT2D eigenvalue weighted by molar-refractivity contribution is -0.192. The highest BCUT2D eigenvalue weighted by Crippen LogP contribution is 2.21. The highest BCUT2D eigenvalue weighted by molar-refractivity contribution is 5.89. The number of anilines is 1. The molecule has 0 atom stereocenters. The van der Waals surface area contributed by atoms with Crippen LogP contribution in [0.15, 0.2) is 30.6 Å². The lowest BCUT2D eigenvalue weighted by Crippen LogP contribution is -2.35. The van der Waals surface area contributed by atoms with Gasteiger partial charge in [-0.15, -0.1) is 0 Å². The second-order valence-electron chi connectivity index (χ2n) is 8.38. The molecule has 186 valence electrons. The molecular formula is C23H30F3N5O3. The number of nitrogens with zero attached hydrogens (tertiary/aromatic N) is 4. The van der Waals surface area contributed by atoms with Gasteiger partial charge in [0.1, 0.15) is 0 Å². The Morgan fingerprint density at radius 1 is 1.12 bits per heavy atom. The molecule has 2 aliphatic heterocycles. The zero-order chi connectivity index (χ0) is 24.7. The number of fused-ring (bicyclic) bond motifs is 1. The molecule has 1 aromatic heterocycles. The van der Waals surface area contributed by atoms with Gasteiger partial charge in [-0.05, 0) is 56.5 Å². The van der Waals surface area contributed by atoms with Crippen LogP contribution in [-0.4, -0.2) is 62.3 Å². The van der Waals surface area contributed by atoms with Crippen molar-refractivity contribution in [3.8, 4) is 0 Å². The van der Waals surface area contributed by atoms with Crippen LogP contribution in [-0.2, 0) is 30.8 Å². The molecule has 4 rings (SSSR count). The van der Waals surface area contributed by atoms with E-state index in [1.54, 1.807) is 0 Å². The van der Waals surface area contributed by atoms with Gasteiger partial charge in [-0.3, -0.25) is 4.90 Å². The molecule has 3 heterocycles.